The fourth-order valence-electron chi connectivity index (χ4n) is 2.85. The molecule has 3 rings (SSSR count). The molecular weight excluding hydrogens is 290 g/mol. The molecule has 1 aliphatic rings. The Morgan fingerprint density at radius 1 is 1.09 bits per heavy atom. The van der Waals surface area contributed by atoms with Crippen molar-refractivity contribution in [3.63, 3.8) is 0 Å². The van der Waals surface area contributed by atoms with E-state index < -0.39 is 12.2 Å². The minimum atomic E-state index is -0.566. The molecule has 1 fully saturated rings. The average molecular weight is 309 g/mol. The van der Waals surface area contributed by atoms with Crippen molar-refractivity contribution in [2.24, 2.45) is 0 Å². The summed E-state index contributed by atoms with van der Waals surface area (Å²) >= 11 is 0. The summed E-state index contributed by atoms with van der Waals surface area (Å²) in [7, 11) is 0. The molecule has 0 aromatic heterocycles. The Morgan fingerprint density at radius 2 is 1.74 bits per heavy atom. The molecule has 2 aromatic carbocycles. The van der Waals surface area contributed by atoms with E-state index in [4.69, 9.17) is 4.74 Å². The first-order valence-electron chi connectivity index (χ1n) is 7.69. The fourth-order valence-corrected chi connectivity index (χ4v) is 2.85. The quantitative estimate of drug-likeness (QED) is 0.869. The number of aryl methyl sites for hydroxylation is 1. The van der Waals surface area contributed by atoms with Crippen LogP contribution in [0, 0.1) is 6.92 Å². The van der Waals surface area contributed by atoms with Crippen molar-refractivity contribution in [2.45, 2.75) is 32.4 Å². The molecule has 23 heavy (non-hydrogen) atoms. The van der Waals surface area contributed by atoms with Gasteiger partial charge in [-0.3, -0.25) is 4.79 Å². The minimum Gasteiger partial charge on any atom is -0.439 e. The van der Waals surface area contributed by atoms with Crippen LogP contribution in [0.4, 0.5) is 4.79 Å². The molecule has 4 heteroatoms. The summed E-state index contributed by atoms with van der Waals surface area (Å²) < 4.78 is 5.42. The van der Waals surface area contributed by atoms with Gasteiger partial charge in [0, 0.05) is 0 Å². The third-order valence-corrected chi connectivity index (χ3v) is 4.14. The van der Waals surface area contributed by atoms with Gasteiger partial charge in [-0.2, -0.15) is 0 Å². The molecule has 1 saturated heterocycles. The van der Waals surface area contributed by atoms with Crippen LogP contribution in [0.5, 0.6) is 0 Å². The number of carbonyl (C=O) groups excluding carboxylic acids is 2. The van der Waals surface area contributed by atoms with Crippen molar-refractivity contribution >= 4 is 12.0 Å². The topological polar surface area (TPSA) is 46.6 Å². The van der Waals surface area contributed by atoms with E-state index in [1.54, 1.807) is 0 Å². The van der Waals surface area contributed by atoms with Crippen LogP contribution in [0.25, 0.3) is 0 Å². The first kappa shape index (κ1) is 15.3. The number of hydrogen-bond acceptors (Lipinski definition) is 3. The Morgan fingerprint density at radius 3 is 2.39 bits per heavy atom. The number of ether oxygens (including phenoxy) is 1. The van der Waals surface area contributed by atoms with E-state index >= 15 is 0 Å². The number of cyclic esters (lactones) is 1. The van der Waals surface area contributed by atoms with E-state index in [-0.39, 0.29) is 18.4 Å². The number of nitrogens with zero attached hydrogens (tertiary/aromatic N) is 1. The number of carbonyl (C=O) groups is 2. The second kappa shape index (κ2) is 6.24. The molecule has 0 N–H and O–H groups in total. The van der Waals surface area contributed by atoms with Gasteiger partial charge in [0.2, 0.25) is 5.91 Å². The van der Waals surface area contributed by atoms with Crippen molar-refractivity contribution in [1.29, 1.82) is 0 Å². The van der Waals surface area contributed by atoms with Crippen molar-refractivity contribution in [3.8, 4) is 0 Å². The van der Waals surface area contributed by atoms with Gasteiger partial charge in [-0.15, -0.1) is 0 Å². The lowest BCUT2D eigenvalue weighted by Gasteiger charge is -2.19. The van der Waals surface area contributed by atoms with Crippen LogP contribution in [-0.4, -0.2) is 22.9 Å². The molecule has 0 spiro atoms. The number of hydrogen-bond donors (Lipinski definition) is 0. The lowest BCUT2D eigenvalue weighted by molar-refractivity contribution is -0.128. The fraction of sp³-hybridized carbons (Fsp3) is 0.263. The van der Waals surface area contributed by atoms with E-state index in [1.807, 2.05) is 68.4 Å². The molecule has 2 aromatic rings. The summed E-state index contributed by atoms with van der Waals surface area (Å²) in [5.74, 6) is -0.232. The van der Waals surface area contributed by atoms with Gasteiger partial charge in [-0.1, -0.05) is 60.2 Å². The second-order valence-electron chi connectivity index (χ2n) is 5.88. The van der Waals surface area contributed by atoms with Gasteiger partial charge < -0.3 is 4.74 Å². The Labute approximate surface area is 135 Å². The van der Waals surface area contributed by atoms with Crippen LogP contribution < -0.4 is 0 Å². The predicted octanol–water partition coefficient (Wildman–Crippen LogP) is 3.65. The highest BCUT2D eigenvalue weighted by Gasteiger charge is 2.43. The summed E-state index contributed by atoms with van der Waals surface area (Å²) in [6, 6.07) is 16.9. The SMILES string of the molecule is Cc1ccc(CC(=O)N2C(=O)OC(c3ccccc3)C2C)cc1. The second-order valence-corrected chi connectivity index (χ2v) is 5.88. The summed E-state index contributed by atoms with van der Waals surface area (Å²) in [5, 5.41) is 0. The van der Waals surface area contributed by atoms with E-state index in [9.17, 15) is 9.59 Å². The van der Waals surface area contributed by atoms with Crippen molar-refractivity contribution in [2.75, 3.05) is 0 Å². The molecule has 0 radical (unpaired) electrons. The zero-order chi connectivity index (χ0) is 16.4. The molecule has 0 bridgehead atoms. The highest BCUT2D eigenvalue weighted by molar-refractivity contribution is 5.94. The highest BCUT2D eigenvalue weighted by Crippen LogP contribution is 2.32. The molecule has 1 aliphatic heterocycles. The molecule has 4 nitrogen and oxygen atoms in total. The van der Waals surface area contributed by atoms with Crippen molar-refractivity contribution in [1.82, 2.24) is 4.90 Å². The van der Waals surface area contributed by atoms with Gasteiger partial charge in [-0.05, 0) is 25.0 Å². The zero-order valence-corrected chi connectivity index (χ0v) is 13.2. The third-order valence-electron chi connectivity index (χ3n) is 4.14. The molecule has 2 amide bonds. The standard InChI is InChI=1S/C19H19NO3/c1-13-8-10-15(11-9-13)12-17(21)20-14(2)18(23-19(20)22)16-6-4-3-5-7-16/h3-11,14,18H,12H2,1-2H3. The smallest absolute Gasteiger partial charge is 0.417 e. The van der Waals surface area contributed by atoms with Crippen LogP contribution in [0.1, 0.15) is 29.7 Å². The first-order valence-corrected chi connectivity index (χ1v) is 7.69. The van der Waals surface area contributed by atoms with E-state index in [1.165, 1.54) is 4.90 Å². The van der Waals surface area contributed by atoms with Gasteiger partial charge in [-0.25, -0.2) is 9.69 Å². The van der Waals surface area contributed by atoms with E-state index in [2.05, 4.69) is 0 Å². The largest absolute Gasteiger partial charge is 0.439 e. The first-order chi connectivity index (χ1) is 11.1. The lowest BCUT2D eigenvalue weighted by Crippen LogP contribution is -2.38. The molecule has 0 saturated carbocycles. The molecule has 1 heterocycles. The number of imide groups is 1. The van der Waals surface area contributed by atoms with Crippen LogP contribution in [0.3, 0.4) is 0 Å². The van der Waals surface area contributed by atoms with Gasteiger partial charge in [0.05, 0.1) is 12.5 Å². The summed E-state index contributed by atoms with van der Waals surface area (Å²) in [5.41, 5.74) is 2.93. The lowest BCUT2D eigenvalue weighted by atomic mass is 10.0. The van der Waals surface area contributed by atoms with Crippen molar-refractivity contribution < 1.29 is 14.3 Å². The maximum Gasteiger partial charge on any atom is 0.417 e. The third kappa shape index (κ3) is 3.11. The Kier molecular flexibility index (Phi) is 4.15. The number of rotatable bonds is 3. The summed E-state index contributed by atoms with van der Waals surface area (Å²) in [4.78, 5) is 25.9. The maximum atomic E-state index is 12.5. The van der Waals surface area contributed by atoms with Crippen LogP contribution in [-0.2, 0) is 16.0 Å². The van der Waals surface area contributed by atoms with Gasteiger partial charge in [0.25, 0.3) is 0 Å². The average Bonchev–Trinajstić information content (AvgIpc) is 2.85. The minimum absolute atomic E-state index is 0.196. The molecule has 2 unspecified atom stereocenters. The van der Waals surface area contributed by atoms with E-state index in [0.29, 0.717) is 0 Å². The Balaban J connectivity index is 1.75. The van der Waals surface area contributed by atoms with Crippen LogP contribution in [0.2, 0.25) is 0 Å². The Hall–Kier alpha value is -2.62. The van der Waals surface area contributed by atoms with Crippen LogP contribution >= 0.6 is 0 Å². The highest BCUT2D eigenvalue weighted by atomic mass is 16.6. The molecular formula is C19H19NO3. The number of benzene rings is 2. The van der Waals surface area contributed by atoms with Gasteiger partial charge >= 0.3 is 6.09 Å². The maximum absolute atomic E-state index is 12.5. The summed E-state index contributed by atoms with van der Waals surface area (Å²) in [6.07, 6.45) is -0.782. The molecule has 118 valence electrons. The van der Waals surface area contributed by atoms with E-state index in [0.717, 1.165) is 16.7 Å². The van der Waals surface area contributed by atoms with Crippen molar-refractivity contribution in [3.05, 3.63) is 71.3 Å². The number of amides is 2. The normalized spacial score (nSPS) is 20.4. The zero-order valence-electron chi connectivity index (χ0n) is 13.2. The predicted molar refractivity (Wildman–Crippen MR) is 86.9 cm³/mol. The van der Waals surface area contributed by atoms with Crippen LogP contribution in [0.15, 0.2) is 54.6 Å². The van der Waals surface area contributed by atoms with Gasteiger partial charge in [0.15, 0.2) is 0 Å². The Bertz CT molecular complexity index is 709. The summed E-state index contributed by atoms with van der Waals surface area (Å²) in [6.45, 7) is 3.84. The monoisotopic (exact) mass is 309 g/mol. The molecule has 2 atom stereocenters. The van der Waals surface area contributed by atoms with Gasteiger partial charge in [0.1, 0.15) is 6.10 Å². The molecule has 0 aliphatic carbocycles.